The van der Waals surface area contributed by atoms with E-state index in [9.17, 15) is 23.1 Å². The number of aromatic nitrogens is 2. The summed E-state index contributed by atoms with van der Waals surface area (Å²) < 4.78 is 43.5. The number of hydrogen-bond acceptors (Lipinski definition) is 5. The summed E-state index contributed by atoms with van der Waals surface area (Å²) in [4.78, 5) is 19.4. The number of carbonyl (C=O) groups is 1. The molecule has 148 valence electrons. The molecule has 3 heterocycles. The fraction of sp³-hybridized carbons (Fsp3) is 0.0556. The Labute approximate surface area is 170 Å². The van der Waals surface area contributed by atoms with Crippen LogP contribution in [-0.2, 0) is 6.18 Å². The number of phenolic OH excluding ortho intramolecular Hbond substituents is 1. The first-order chi connectivity index (χ1) is 13.6. The van der Waals surface area contributed by atoms with E-state index in [4.69, 9.17) is 27.6 Å². The molecule has 0 saturated carbocycles. The summed E-state index contributed by atoms with van der Waals surface area (Å²) in [7, 11) is 0. The molecule has 6 nitrogen and oxygen atoms in total. The van der Waals surface area contributed by atoms with Gasteiger partial charge < -0.3 is 14.8 Å². The smallest absolute Gasteiger partial charge is 0.451 e. The van der Waals surface area contributed by atoms with Crippen molar-refractivity contribution in [3.05, 3.63) is 58.1 Å². The number of aromatic hydroxyl groups is 1. The van der Waals surface area contributed by atoms with Crippen molar-refractivity contribution in [1.82, 2.24) is 9.97 Å². The van der Waals surface area contributed by atoms with Crippen molar-refractivity contribution in [2.24, 2.45) is 0 Å². The second kappa shape index (κ2) is 6.78. The second-order valence-electron chi connectivity index (χ2n) is 5.95. The van der Waals surface area contributed by atoms with Gasteiger partial charge in [0.1, 0.15) is 5.58 Å². The molecule has 1 aromatic carbocycles. The number of nitrogens with one attached hydrogen (secondary N) is 1. The maximum absolute atomic E-state index is 12.8. The summed E-state index contributed by atoms with van der Waals surface area (Å²) in [6, 6.07) is 5.67. The number of furan rings is 2. The van der Waals surface area contributed by atoms with Gasteiger partial charge in [0, 0.05) is 35.3 Å². The second-order valence-corrected chi connectivity index (χ2v) is 6.77. The van der Waals surface area contributed by atoms with E-state index < -0.39 is 17.9 Å². The zero-order valence-electron chi connectivity index (χ0n) is 14.0. The lowest BCUT2D eigenvalue weighted by Gasteiger charge is -2.09. The van der Waals surface area contributed by atoms with Crippen LogP contribution in [0.1, 0.15) is 16.2 Å². The Morgan fingerprint density at radius 3 is 2.41 bits per heavy atom. The lowest BCUT2D eigenvalue weighted by molar-refractivity contribution is -0.144. The highest BCUT2D eigenvalue weighted by Gasteiger charge is 2.35. The largest absolute Gasteiger partial charge is 0.504 e. The van der Waals surface area contributed by atoms with Crippen LogP contribution < -0.4 is 5.32 Å². The van der Waals surface area contributed by atoms with Crippen LogP contribution in [0.4, 0.5) is 18.9 Å². The predicted octanol–water partition coefficient (Wildman–Crippen LogP) is 5.61. The van der Waals surface area contributed by atoms with Crippen molar-refractivity contribution >= 4 is 46.0 Å². The highest BCUT2D eigenvalue weighted by atomic mass is 35.5. The highest BCUT2D eigenvalue weighted by molar-refractivity contribution is 6.42. The fourth-order valence-electron chi connectivity index (χ4n) is 2.79. The van der Waals surface area contributed by atoms with Crippen LogP contribution in [0.2, 0.25) is 10.0 Å². The van der Waals surface area contributed by atoms with Crippen molar-refractivity contribution < 1.29 is 27.5 Å². The predicted molar refractivity (Wildman–Crippen MR) is 99.5 cm³/mol. The molecule has 29 heavy (non-hydrogen) atoms. The van der Waals surface area contributed by atoms with E-state index in [1.807, 2.05) is 0 Å². The molecule has 0 spiro atoms. The number of anilines is 1. The van der Waals surface area contributed by atoms with Gasteiger partial charge in [-0.05, 0) is 18.2 Å². The summed E-state index contributed by atoms with van der Waals surface area (Å²) in [6.07, 6.45) is -2.90. The molecule has 3 aromatic heterocycles. The van der Waals surface area contributed by atoms with E-state index in [-0.39, 0.29) is 38.6 Å². The molecule has 0 aliphatic heterocycles. The number of nitrogens with zero attached hydrogens (tertiary/aromatic N) is 2. The number of phenols is 1. The molecule has 0 fully saturated rings. The summed E-state index contributed by atoms with van der Waals surface area (Å²) >= 11 is 11.8. The first-order valence-corrected chi connectivity index (χ1v) is 8.64. The van der Waals surface area contributed by atoms with Gasteiger partial charge >= 0.3 is 6.18 Å². The molecule has 4 aromatic rings. The lowest BCUT2D eigenvalue weighted by Crippen LogP contribution is -2.13. The third-order valence-corrected chi connectivity index (χ3v) is 4.77. The van der Waals surface area contributed by atoms with Crippen molar-refractivity contribution in [2.75, 3.05) is 5.32 Å². The Hall–Kier alpha value is -3.04. The maximum atomic E-state index is 12.8. The molecule has 4 rings (SSSR count). The maximum Gasteiger partial charge on any atom is 0.451 e. The van der Waals surface area contributed by atoms with Gasteiger partial charge in [-0.1, -0.05) is 23.2 Å². The first-order valence-electron chi connectivity index (χ1n) is 7.89. The molecule has 0 saturated heterocycles. The Balaban J connectivity index is 1.75. The number of benzene rings is 2. The van der Waals surface area contributed by atoms with E-state index in [0.29, 0.717) is 10.7 Å². The number of carbonyl (C=O) groups excluding carboxylic acids is 1. The quantitative estimate of drug-likeness (QED) is 0.431. The van der Waals surface area contributed by atoms with Gasteiger partial charge in [0.25, 0.3) is 5.91 Å². The van der Waals surface area contributed by atoms with Gasteiger partial charge in [-0.25, -0.2) is 9.97 Å². The number of fused-ring (bicyclic) bond motifs is 2. The molecule has 11 heteroatoms. The molecule has 1 amide bonds. The lowest BCUT2D eigenvalue weighted by atomic mass is 10.0. The fourth-order valence-corrected chi connectivity index (χ4v) is 3.09. The molecular weight excluding hydrogens is 434 g/mol. The van der Waals surface area contributed by atoms with E-state index in [1.54, 1.807) is 0 Å². The molecule has 0 aliphatic carbocycles. The Morgan fingerprint density at radius 2 is 1.79 bits per heavy atom. The van der Waals surface area contributed by atoms with E-state index in [2.05, 4.69) is 15.3 Å². The number of hydrogen-bond donors (Lipinski definition) is 2. The molecule has 0 aliphatic rings. The van der Waals surface area contributed by atoms with Crippen LogP contribution in [0.3, 0.4) is 0 Å². The van der Waals surface area contributed by atoms with Crippen molar-refractivity contribution in [3.63, 3.8) is 0 Å². The third kappa shape index (κ3) is 3.43. The standard InChI is InChI=1S/C18H8Cl2F3N3O3/c19-9-2-1-8(3-10(9)20)26-16(28)14-12-4-11(27)15(29-12)13(14)7-5-24-17(25-6-7)18(21,22)23/h1-6,27H,(H,26,28). The SMILES string of the molecule is O=C(Nc1ccc(Cl)c(Cl)c1)c1c(-c2cnc(C(F)(F)F)nc2)c2oc1cc2O. The van der Waals surface area contributed by atoms with E-state index in [0.717, 1.165) is 12.4 Å². The minimum absolute atomic E-state index is 0.00670. The van der Waals surface area contributed by atoms with Crippen LogP contribution in [0, 0.1) is 0 Å². The highest BCUT2D eigenvalue weighted by Crippen LogP contribution is 2.43. The number of amides is 1. The van der Waals surface area contributed by atoms with Crippen molar-refractivity contribution in [2.45, 2.75) is 6.18 Å². The zero-order valence-corrected chi connectivity index (χ0v) is 15.5. The van der Waals surface area contributed by atoms with Gasteiger partial charge in [-0.15, -0.1) is 0 Å². The normalized spacial score (nSPS) is 11.9. The van der Waals surface area contributed by atoms with Gasteiger partial charge in [0.05, 0.1) is 15.6 Å². The molecule has 0 radical (unpaired) electrons. The average molecular weight is 442 g/mol. The van der Waals surface area contributed by atoms with Crippen LogP contribution >= 0.6 is 23.2 Å². The third-order valence-electron chi connectivity index (χ3n) is 4.03. The Morgan fingerprint density at radius 1 is 1.10 bits per heavy atom. The van der Waals surface area contributed by atoms with Crippen LogP contribution in [0.25, 0.3) is 22.3 Å². The van der Waals surface area contributed by atoms with Gasteiger partial charge in [-0.3, -0.25) is 4.79 Å². The zero-order chi connectivity index (χ0) is 20.9. The van der Waals surface area contributed by atoms with Crippen LogP contribution in [-0.4, -0.2) is 21.0 Å². The van der Waals surface area contributed by atoms with E-state index in [1.165, 1.54) is 24.3 Å². The van der Waals surface area contributed by atoms with Gasteiger partial charge in [-0.2, -0.15) is 13.2 Å². The van der Waals surface area contributed by atoms with E-state index >= 15 is 0 Å². The van der Waals surface area contributed by atoms with Crippen molar-refractivity contribution in [3.8, 4) is 16.9 Å². The minimum atomic E-state index is -4.71. The Kier molecular flexibility index (Phi) is 4.51. The molecular formula is C18H8Cl2F3N3O3. The average Bonchev–Trinajstić information content (AvgIpc) is 3.21. The number of rotatable bonds is 3. The summed E-state index contributed by atoms with van der Waals surface area (Å²) in [5.74, 6) is -2.22. The first kappa shape index (κ1) is 19.3. The minimum Gasteiger partial charge on any atom is -0.504 e. The van der Waals surface area contributed by atoms with Gasteiger partial charge in [0.15, 0.2) is 11.3 Å². The number of halogens is 5. The molecule has 0 unspecified atom stereocenters. The van der Waals surface area contributed by atoms with Crippen molar-refractivity contribution in [1.29, 1.82) is 0 Å². The Bertz CT molecular complexity index is 1220. The monoisotopic (exact) mass is 441 g/mol. The topological polar surface area (TPSA) is 88.3 Å². The van der Waals surface area contributed by atoms with Crippen LogP contribution in [0.5, 0.6) is 5.75 Å². The molecule has 0 atom stereocenters. The molecule has 2 N–H and O–H groups in total. The summed E-state index contributed by atoms with van der Waals surface area (Å²) in [6.45, 7) is 0. The van der Waals surface area contributed by atoms with Crippen LogP contribution in [0.15, 0.2) is 41.1 Å². The molecule has 2 bridgehead atoms. The number of alkyl halides is 3. The summed E-state index contributed by atoms with van der Waals surface area (Å²) in [5.41, 5.74) is 0.467. The summed E-state index contributed by atoms with van der Waals surface area (Å²) in [5, 5.41) is 13.1. The van der Waals surface area contributed by atoms with Gasteiger partial charge in [0.2, 0.25) is 5.82 Å².